The molecular weight excluding hydrogens is 497 g/mol. The van der Waals surface area contributed by atoms with E-state index in [0.717, 1.165) is 12.1 Å². The van der Waals surface area contributed by atoms with Gasteiger partial charge in [-0.15, -0.1) is 13.2 Å². The summed E-state index contributed by atoms with van der Waals surface area (Å²) in [6.45, 7) is 2.26. The zero-order chi connectivity index (χ0) is 27.2. The van der Waals surface area contributed by atoms with Gasteiger partial charge in [-0.3, -0.25) is 14.9 Å². The fourth-order valence-electron chi connectivity index (χ4n) is 3.43. The molecule has 0 saturated carbocycles. The quantitative estimate of drug-likeness (QED) is 0.169. The number of amides is 1. The molecule has 5 N–H and O–H groups in total. The molecule has 0 aliphatic carbocycles. The zero-order valence-corrected chi connectivity index (χ0v) is 19.7. The Kier molecular flexibility index (Phi) is 8.55. The second-order valence-electron chi connectivity index (χ2n) is 8.09. The number of aromatic nitrogens is 2. The van der Waals surface area contributed by atoms with Crippen molar-refractivity contribution in [3.05, 3.63) is 64.5 Å². The summed E-state index contributed by atoms with van der Waals surface area (Å²) >= 11 is 0. The maximum atomic E-state index is 12.8. The number of carbonyl (C=O) groups is 1. The molecule has 2 aromatic heterocycles. The van der Waals surface area contributed by atoms with Crippen LogP contribution >= 0.6 is 0 Å². The Labute approximate surface area is 209 Å². The zero-order valence-electron chi connectivity index (χ0n) is 19.7. The van der Waals surface area contributed by atoms with Gasteiger partial charge in [0, 0.05) is 43.2 Å². The molecule has 0 unspecified atom stereocenters. The third-order valence-electron chi connectivity index (χ3n) is 5.17. The number of benzene rings is 1. The van der Waals surface area contributed by atoms with Crippen LogP contribution in [0, 0.1) is 10.1 Å². The van der Waals surface area contributed by atoms with Crippen LogP contribution in [0.25, 0.3) is 11.1 Å². The lowest BCUT2D eigenvalue weighted by molar-refractivity contribution is -0.384. The van der Waals surface area contributed by atoms with Gasteiger partial charge in [0.15, 0.2) is 0 Å². The maximum absolute atomic E-state index is 12.8. The van der Waals surface area contributed by atoms with Crippen molar-refractivity contribution in [3.8, 4) is 16.9 Å². The second kappa shape index (κ2) is 11.6. The summed E-state index contributed by atoms with van der Waals surface area (Å²) in [7, 11) is 0. The molecule has 0 bridgehead atoms. The van der Waals surface area contributed by atoms with E-state index >= 15 is 0 Å². The number of nitrogens with two attached hydrogens (primary N) is 1. The van der Waals surface area contributed by atoms with Crippen LogP contribution in [0.4, 0.5) is 30.5 Å². The molecule has 2 heterocycles. The van der Waals surface area contributed by atoms with Crippen LogP contribution in [0.5, 0.6) is 5.75 Å². The summed E-state index contributed by atoms with van der Waals surface area (Å²) in [5.74, 6) is -0.670. The summed E-state index contributed by atoms with van der Waals surface area (Å²) in [5.41, 5.74) is 6.57. The van der Waals surface area contributed by atoms with Gasteiger partial charge in [0.05, 0.1) is 17.1 Å². The minimum atomic E-state index is -4.82. The van der Waals surface area contributed by atoms with Crippen LogP contribution in [0.15, 0.2) is 48.8 Å². The van der Waals surface area contributed by atoms with E-state index < -0.39 is 23.2 Å². The monoisotopic (exact) mass is 522 g/mol. The van der Waals surface area contributed by atoms with Crippen molar-refractivity contribution in [2.24, 2.45) is 0 Å². The lowest BCUT2D eigenvalue weighted by Crippen LogP contribution is -2.35. The number of halogens is 3. The van der Waals surface area contributed by atoms with Gasteiger partial charge < -0.3 is 30.8 Å². The third kappa shape index (κ3) is 7.57. The second-order valence-corrected chi connectivity index (χ2v) is 8.09. The number of hydrogen-bond acceptors (Lipinski definition) is 8. The number of pyridine rings is 1. The highest BCUT2D eigenvalue weighted by Gasteiger charge is 2.31. The Hall–Kier alpha value is -4.33. The average molecular weight is 522 g/mol. The lowest BCUT2D eigenvalue weighted by atomic mass is 10.0. The molecule has 3 rings (SSSR count). The first kappa shape index (κ1) is 27.3. The van der Waals surface area contributed by atoms with E-state index in [1.165, 1.54) is 24.3 Å². The smallest absolute Gasteiger partial charge is 0.406 e. The van der Waals surface area contributed by atoms with Gasteiger partial charge >= 0.3 is 12.0 Å². The minimum Gasteiger partial charge on any atom is -0.406 e. The predicted molar refractivity (Wildman–Crippen MR) is 129 cm³/mol. The first-order valence-electron chi connectivity index (χ1n) is 11.1. The number of rotatable bonds is 11. The SMILES string of the molecule is C[C@H](CO)NC(=O)c1cn(CCCNc2ccc([N+](=O)[O-])c(N)n2)cc1-c1ccc(OC(F)(F)F)cc1. The molecule has 11 nitrogen and oxygen atoms in total. The number of aliphatic hydroxyl groups is 1. The van der Waals surface area contributed by atoms with Crippen LogP contribution < -0.4 is 21.1 Å². The van der Waals surface area contributed by atoms with Gasteiger partial charge in [0.1, 0.15) is 11.6 Å². The molecule has 0 saturated heterocycles. The molecule has 1 atom stereocenters. The van der Waals surface area contributed by atoms with E-state index in [0.29, 0.717) is 36.5 Å². The number of nitro groups is 1. The van der Waals surface area contributed by atoms with Crippen molar-refractivity contribution in [1.29, 1.82) is 0 Å². The molecule has 37 heavy (non-hydrogen) atoms. The van der Waals surface area contributed by atoms with E-state index in [2.05, 4.69) is 20.4 Å². The Morgan fingerprint density at radius 2 is 1.95 bits per heavy atom. The first-order valence-corrected chi connectivity index (χ1v) is 11.1. The lowest BCUT2D eigenvalue weighted by Gasteiger charge is -2.12. The van der Waals surface area contributed by atoms with Gasteiger partial charge in [0.25, 0.3) is 5.91 Å². The number of aliphatic hydroxyl groups excluding tert-OH is 1. The number of carbonyl (C=O) groups excluding carboxylic acids is 1. The number of aryl methyl sites for hydroxylation is 1. The Morgan fingerprint density at radius 1 is 1.24 bits per heavy atom. The Morgan fingerprint density at radius 3 is 2.54 bits per heavy atom. The van der Waals surface area contributed by atoms with Crippen LogP contribution in [-0.2, 0) is 6.54 Å². The maximum Gasteiger partial charge on any atom is 0.573 e. The van der Waals surface area contributed by atoms with E-state index in [1.807, 2.05) is 0 Å². The number of alkyl halides is 3. The van der Waals surface area contributed by atoms with Crippen LogP contribution in [0.2, 0.25) is 0 Å². The number of hydrogen-bond donors (Lipinski definition) is 4. The van der Waals surface area contributed by atoms with E-state index in [9.17, 15) is 33.2 Å². The van der Waals surface area contributed by atoms with Crippen molar-refractivity contribution in [1.82, 2.24) is 14.9 Å². The highest BCUT2D eigenvalue weighted by molar-refractivity contribution is 6.01. The van der Waals surface area contributed by atoms with Gasteiger partial charge in [0.2, 0.25) is 5.82 Å². The van der Waals surface area contributed by atoms with Gasteiger partial charge in [-0.2, -0.15) is 0 Å². The molecule has 3 aromatic rings. The normalized spacial score (nSPS) is 12.1. The molecule has 1 amide bonds. The summed E-state index contributed by atoms with van der Waals surface area (Å²) in [6, 6.07) is 7.34. The molecule has 0 aliphatic heterocycles. The van der Waals surface area contributed by atoms with Crippen LogP contribution in [0.3, 0.4) is 0 Å². The fourth-order valence-corrected chi connectivity index (χ4v) is 3.43. The first-order chi connectivity index (χ1) is 17.5. The van der Waals surface area contributed by atoms with Gasteiger partial charge in [-0.05, 0) is 37.1 Å². The average Bonchev–Trinajstić information content (AvgIpc) is 3.25. The number of nitrogens with zero attached hydrogens (tertiary/aromatic N) is 3. The van der Waals surface area contributed by atoms with Crippen molar-refractivity contribution in [2.45, 2.75) is 32.3 Å². The topological polar surface area (TPSA) is 158 Å². The molecule has 0 aliphatic rings. The number of nitrogen functional groups attached to an aromatic ring is 1. The molecule has 0 radical (unpaired) electrons. The van der Waals surface area contributed by atoms with Crippen LogP contribution in [0.1, 0.15) is 23.7 Å². The summed E-state index contributed by atoms with van der Waals surface area (Å²) < 4.78 is 43.1. The Bertz CT molecular complexity index is 1250. The molecule has 0 spiro atoms. The van der Waals surface area contributed by atoms with E-state index in [-0.39, 0.29) is 29.4 Å². The fraction of sp³-hybridized carbons (Fsp3) is 0.304. The van der Waals surface area contributed by atoms with Crippen molar-refractivity contribution in [3.63, 3.8) is 0 Å². The summed E-state index contributed by atoms with van der Waals surface area (Å²) in [6.07, 6.45) is -0.948. The van der Waals surface area contributed by atoms with E-state index in [4.69, 9.17) is 5.73 Å². The summed E-state index contributed by atoms with van der Waals surface area (Å²) in [5, 5.41) is 25.8. The molecule has 0 fully saturated rings. The minimum absolute atomic E-state index is 0.204. The summed E-state index contributed by atoms with van der Waals surface area (Å²) in [4.78, 5) is 27.0. The number of ether oxygens (including phenoxy) is 1. The molecular formula is C23H25F3N6O5. The molecule has 14 heteroatoms. The third-order valence-corrected chi connectivity index (χ3v) is 5.17. The van der Waals surface area contributed by atoms with Crippen molar-refractivity contribution >= 4 is 23.2 Å². The Balaban J connectivity index is 1.73. The van der Waals surface area contributed by atoms with Gasteiger partial charge in [-0.1, -0.05) is 12.1 Å². The largest absolute Gasteiger partial charge is 0.573 e. The van der Waals surface area contributed by atoms with Crippen molar-refractivity contribution in [2.75, 3.05) is 24.2 Å². The highest BCUT2D eigenvalue weighted by atomic mass is 19.4. The van der Waals surface area contributed by atoms with Gasteiger partial charge in [-0.25, -0.2) is 4.98 Å². The number of nitrogens with one attached hydrogen (secondary N) is 2. The van der Waals surface area contributed by atoms with Crippen LogP contribution in [-0.4, -0.2) is 51.0 Å². The molecule has 198 valence electrons. The van der Waals surface area contributed by atoms with E-state index in [1.54, 1.807) is 23.9 Å². The standard InChI is InChI=1S/C23H25F3N6O5/c1-14(13-33)29-22(34)18-12-31(10-2-9-28-20-8-7-19(32(35)36)21(27)30-20)11-17(18)15-3-5-16(6-4-15)37-23(24,25)26/h3-8,11-12,14,33H,2,9-10,13H2,1H3,(H,29,34)(H3,27,28,30)/t14-/m1/s1. The predicted octanol–water partition coefficient (Wildman–Crippen LogP) is 3.55. The highest BCUT2D eigenvalue weighted by Crippen LogP contribution is 2.29. The van der Waals surface area contributed by atoms with Crippen molar-refractivity contribution < 1.29 is 32.7 Å². The number of anilines is 2. The molecule has 1 aromatic carbocycles.